The van der Waals surface area contributed by atoms with Crippen molar-refractivity contribution in [2.75, 3.05) is 7.11 Å². The molecular weight excluding hydrogens is 268 g/mol. The highest BCUT2D eigenvalue weighted by Crippen LogP contribution is 2.27. The van der Waals surface area contributed by atoms with E-state index in [1.165, 1.54) is 11.4 Å². The van der Waals surface area contributed by atoms with Gasteiger partial charge in [0.25, 0.3) is 0 Å². The van der Waals surface area contributed by atoms with Gasteiger partial charge in [0.2, 0.25) is 0 Å². The largest absolute Gasteiger partial charge is 0.497 e. The van der Waals surface area contributed by atoms with E-state index < -0.39 is 0 Å². The fourth-order valence-corrected chi connectivity index (χ4v) is 3.18. The maximum atomic E-state index is 5.18. The maximum Gasteiger partial charge on any atom is 0.194 e. The average Bonchev–Trinajstić information content (AvgIpc) is 3.06. The molecule has 0 aliphatic heterocycles. The summed E-state index contributed by atoms with van der Waals surface area (Å²) < 4.78 is 7.36. The summed E-state index contributed by atoms with van der Waals surface area (Å²) in [7, 11) is 1.67. The van der Waals surface area contributed by atoms with Gasteiger partial charge >= 0.3 is 0 Å². The first-order chi connectivity index (χ1) is 9.69. The van der Waals surface area contributed by atoms with Gasteiger partial charge in [-0.25, -0.2) is 4.98 Å². The van der Waals surface area contributed by atoms with Gasteiger partial charge in [-0.05, 0) is 50.2 Å². The van der Waals surface area contributed by atoms with Crippen molar-refractivity contribution in [3.8, 4) is 22.1 Å². The van der Waals surface area contributed by atoms with Crippen molar-refractivity contribution >= 4 is 11.3 Å². The third-order valence-electron chi connectivity index (χ3n) is 3.34. The topological polar surface area (TPSA) is 27.1 Å². The Morgan fingerprint density at radius 3 is 2.25 bits per heavy atom. The van der Waals surface area contributed by atoms with E-state index in [2.05, 4.69) is 35.9 Å². The number of methoxy groups -OCH3 is 1. The highest BCUT2D eigenvalue weighted by molar-refractivity contribution is 7.12. The van der Waals surface area contributed by atoms with Crippen LogP contribution in [0.2, 0.25) is 0 Å². The van der Waals surface area contributed by atoms with Crippen molar-refractivity contribution in [2.24, 2.45) is 0 Å². The Labute approximate surface area is 122 Å². The molecule has 20 heavy (non-hydrogen) atoms. The van der Waals surface area contributed by atoms with Crippen molar-refractivity contribution in [1.82, 2.24) is 9.55 Å². The van der Waals surface area contributed by atoms with Crippen molar-refractivity contribution in [3.63, 3.8) is 0 Å². The van der Waals surface area contributed by atoms with Crippen LogP contribution in [0.5, 0.6) is 5.75 Å². The summed E-state index contributed by atoms with van der Waals surface area (Å²) in [5.41, 5.74) is 4.52. The molecule has 0 aliphatic rings. The first kappa shape index (κ1) is 12.9. The van der Waals surface area contributed by atoms with Gasteiger partial charge in [-0.15, -0.1) is 11.3 Å². The van der Waals surface area contributed by atoms with Gasteiger partial charge in [-0.1, -0.05) is 0 Å². The molecule has 0 spiro atoms. The fourth-order valence-electron chi connectivity index (χ4n) is 2.23. The number of aromatic nitrogens is 2. The fraction of sp³-hybridized carbons (Fsp3) is 0.188. The Bertz CT molecular complexity index is 706. The molecule has 3 nitrogen and oxygen atoms in total. The van der Waals surface area contributed by atoms with Crippen LogP contribution in [0.4, 0.5) is 0 Å². The van der Waals surface area contributed by atoms with E-state index in [0.717, 1.165) is 22.1 Å². The van der Waals surface area contributed by atoms with Gasteiger partial charge in [0, 0.05) is 22.3 Å². The van der Waals surface area contributed by atoms with Gasteiger partial charge < -0.3 is 4.74 Å². The van der Waals surface area contributed by atoms with E-state index in [0.29, 0.717) is 0 Å². The van der Waals surface area contributed by atoms with Crippen LogP contribution in [0, 0.1) is 13.8 Å². The van der Waals surface area contributed by atoms with Gasteiger partial charge in [0.1, 0.15) is 5.75 Å². The summed E-state index contributed by atoms with van der Waals surface area (Å²) in [6.45, 7) is 4.20. The number of benzene rings is 1. The van der Waals surface area contributed by atoms with Crippen LogP contribution in [-0.2, 0) is 0 Å². The Hall–Kier alpha value is -2.07. The van der Waals surface area contributed by atoms with E-state index in [-0.39, 0.29) is 0 Å². The first-order valence-electron chi connectivity index (χ1n) is 6.44. The lowest BCUT2D eigenvalue weighted by molar-refractivity contribution is 0.415. The van der Waals surface area contributed by atoms with Crippen LogP contribution in [0.3, 0.4) is 0 Å². The summed E-state index contributed by atoms with van der Waals surface area (Å²) >= 11 is 1.66. The lowest BCUT2D eigenvalue weighted by Gasteiger charge is -2.04. The highest BCUT2D eigenvalue weighted by Gasteiger charge is 2.09. The van der Waals surface area contributed by atoms with Crippen LogP contribution in [0.25, 0.3) is 16.4 Å². The predicted molar refractivity (Wildman–Crippen MR) is 82.9 cm³/mol. The Kier molecular flexibility index (Phi) is 3.32. The van der Waals surface area contributed by atoms with Gasteiger partial charge in [-0.2, -0.15) is 0 Å². The molecule has 0 fully saturated rings. The molecule has 0 aliphatic carbocycles. The summed E-state index contributed by atoms with van der Waals surface area (Å²) in [6, 6.07) is 12.2. The second kappa shape index (κ2) is 5.13. The zero-order valence-corrected chi connectivity index (χ0v) is 12.6. The molecule has 0 saturated carbocycles. The number of thiazole rings is 1. The highest BCUT2D eigenvalue weighted by atomic mass is 32.1. The lowest BCUT2D eigenvalue weighted by Crippen LogP contribution is -1.97. The molecule has 0 radical (unpaired) electrons. The van der Waals surface area contributed by atoms with Crippen LogP contribution in [0.1, 0.15) is 11.4 Å². The van der Waals surface area contributed by atoms with E-state index in [9.17, 15) is 0 Å². The summed E-state index contributed by atoms with van der Waals surface area (Å²) in [6.07, 6.45) is 0. The quantitative estimate of drug-likeness (QED) is 0.720. The second-order valence-corrected chi connectivity index (χ2v) is 5.53. The second-order valence-electron chi connectivity index (χ2n) is 4.70. The molecule has 0 unspecified atom stereocenters. The van der Waals surface area contributed by atoms with E-state index in [1.807, 2.05) is 24.3 Å². The molecule has 102 valence electrons. The zero-order chi connectivity index (χ0) is 14.1. The van der Waals surface area contributed by atoms with Gasteiger partial charge in [0.05, 0.1) is 12.8 Å². The number of aryl methyl sites for hydroxylation is 2. The number of hydrogen-bond donors (Lipinski definition) is 0. The molecule has 3 aromatic rings. The molecule has 1 aromatic carbocycles. The maximum absolute atomic E-state index is 5.18. The zero-order valence-electron chi connectivity index (χ0n) is 11.8. The molecule has 2 aromatic heterocycles. The SMILES string of the molecule is COc1ccc(-c2csc(-n3c(C)ccc3C)n2)cc1. The minimum Gasteiger partial charge on any atom is -0.497 e. The molecular formula is C16H16N2OS. The van der Waals surface area contributed by atoms with Crippen molar-refractivity contribution < 1.29 is 4.74 Å². The molecule has 0 saturated heterocycles. The summed E-state index contributed by atoms with van der Waals surface area (Å²) in [4.78, 5) is 4.74. The van der Waals surface area contributed by atoms with Crippen LogP contribution < -0.4 is 4.74 Å². The Morgan fingerprint density at radius 1 is 1.00 bits per heavy atom. The van der Waals surface area contributed by atoms with Crippen LogP contribution >= 0.6 is 11.3 Å². The van der Waals surface area contributed by atoms with E-state index in [4.69, 9.17) is 9.72 Å². The normalized spacial score (nSPS) is 10.8. The predicted octanol–water partition coefficient (Wildman–Crippen LogP) is 4.23. The molecule has 4 heteroatoms. The third-order valence-corrected chi connectivity index (χ3v) is 4.17. The number of hydrogen-bond acceptors (Lipinski definition) is 3. The van der Waals surface area contributed by atoms with Crippen molar-refractivity contribution in [1.29, 1.82) is 0 Å². The minimum absolute atomic E-state index is 0.862. The summed E-state index contributed by atoms with van der Waals surface area (Å²) in [5.74, 6) is 0.862. The Balaban J connectivity index is 1.97. The molecule has 0 N–H and O–H groups in total. The number of nitrogens with zero attached hydrogens (tertiary/aromatic N) is 2. The van der Waals surface area contributed by atoms with Gasteiger partial charge in [0.15, 0.2) is 5.13 Å². The standard InChI is InChI=1S/C16H16N2OS/c1-11-4-5-12(2)18(11)16-17-15(10-20-16)13-6-8-14(19-3)9-7-13/h4-10H,1-3H3. The minimum atomic E-state index is 0.862. The van der Waals surface area contributed by atoms with E-state index >= 15 is 0 Å². The first-order valence-corrected chi connectivity index (χ1v) is 7.32. The summed E-state index contributed by atoms with van der Waals surface area (Å²) in [5, 5.41) is 3.10. The average molecular weight is 284 g/mol. The number of ether oxygens (including phenoxy) is 1. The molecule has 2 heterocycles. The lowest BCUT2D eigenvalue weighted by atomic mass is 10.2. The third kappa shape index (κ3) is 2.23. The van der Waals surface area contributed by atoms with Crippen LogP contribution in [0.15, 0.2) is 41.8 Å². The molecule has 0 bridgehead atoms. The van der Waals surface area contributed by atoms with E-state index in [1.54, 1.807) is 18.4 Å². The monoisotopic (exact) mass is 284 g/mol. The van der Waals surface area contributed by atoms with Crippen molar-refractivity contribution in [3.05, 3.63) is 53.2 Å². The molecule has 0 amide bonds. The molecule has 3 rings (SSSR count). The molecule has 0 atom stereocenters. The number of rotatable bonds is 3. The Morgan fingerprint density at radius 2 is 1.65 bits per heavy atom. The van der Waals surface area contributed by atoms with Gasteiger partial charge in [-0.3, -0.25) is 4.57 Å². The van der Waals surface area contributed by atoms with Crippen LogP contribution in [-0.4, -0.2) is 16.7 Å². The van der Waals surface area contributed by atoms with Crippen molar-refractivity contribution in [2.45, 2.75) is 13.8 Å². The smallest absolute Gasteiger partial charge is 0.194 e.